The molecule has 0 amide bonds. The lowest BCUT2D eigenvalue weighted by Gasteiger charge is -2.26. The van der Waals surface area contributed by atoms with Crippen molar-refractivity contribution in [2.75, 3.05) is 7.11 Å². The Morgan fingerprint density at radius 1 is 1.24 bits per heavy atom. The van der Waals surface area contributed by atoms with E-state index in [0.29, 0.717) is 17.3 Å². The molecule has 1 aliphatic heterocycles. The minimum absolute atomic E-state index is 0.0546. The van der Waals surface area contributed by atoms with E-state index >= 15 is 0 Å². The van der Waals surface area contributed by atoms with E-state index in [-0.39, 0.29) is 5.06 Å². The third-order valence-electron chi connectivity index (χ3n) is 3.49. The van der Waals surface area contributed by atoms with Gasteiger partial charge in [0.1, 0.15) is 11.9 Å². The summed E-state index contributed by atoms with van der Waals surface area (Å²) in [6.45, 7) is 4.34. The first kappa shape index (κ1) is 15.9. The molecule has 0 fully saturated rings. The SMILES string of the molecule is COc1ccc(CC2=C(CC(C)C)C=C[NH+]([O-])C2=S)cc1. The lowest BCUT2D eigenvalue weighted by atomic mass is 9.92. The second-order valence-corrected chi connectivity index (χ2v) is 6.06. The van der Waals surface area contributed by atoms with Crippen LogP contribution in [0.5, 0.6) is 5.75 Å². The fraction of sp³-hybridized carbons (Fsp3) is 0.353. The van der Waals surface area contributed by atoms with E-state index < -0.39 is 0 Å². The molecular formula is C17H21NO2S. The number of nitrogens with one attached hydrogen (secondary N) is 1. The zero-order valence-electron chi connectivity index (χ0n) is 12.7. The number of rotatable bonds is 5. The Kier molecular flexibility index (Phi) is 5.28. The minimum Gasteiger partial charge on any atom is -0.623 e. The van der Waals surface area contributed by atoms with Crippen LogP contribution in [0, 0.1) is 11.1 Å². The van der Waals surface area contributed by atoms with Gasteiger partial charge in [-0.05, 0) is 53.9 Å². The fourth-order valence-electron chi connectivity index (χ4n) is 2.42. The number of ether oxygens (including phenoxy) is 1. The van der Waals surface area contributed by atoms with Crippen LogP contribution >= 0.6 is 12.2 Å². The lowest BCUT2D eigenvalue weighted by molar-refractivity contribution is -0.680. The summed E-state index contributed by atoms with van der Waals surface area (Å²) in [5.74, 6) is 1.36. The fourth-order valence-corrected chi connectivity index (χ4v) is 2.69. The highest BCUT2D eigenvalue weighted by atomic mass is 32.1. The molecule has 1 aromatic carbocycles. The van der Waals surface area contributed by atoms with Crippen molar-refractivity contribution in [3.05, 3.63) is 58.5 Å². The van der Waals surface area contributed by atoms with Crippen LogP contribution in [-0.4, -0.2) is 12.1 Å². The van der Waals surface area contributed by atoms with Crippen LogP contribution in [0.3, 0.4) is 0 Å². The number of hydrogen-bond donors (Lipinski definition) is 1. The average Bonchev–Trinajstić information content (AvgIpc) is 2.47. The van der Waals surface area contributed by atoms with Crippen molar-refractivity contribution in [2.45, 2.75) is 26.7 Å². The molecule has 1 atom stereocenters. The van der Waals surface area contributed by atoms with Gasteiger partial charge in [0, 0.05) is 12.0 Å². The molecule has 2 rings (SSSR count). The number of thiocarbonyl (C=S) groups is 1. The molecule has 1 N–H and O–H groups in total. The van der Waals surface area contributed by atoms with Gasteiger partial charge in [0.05, 0.1) is 7.11 Å². The van der Waals surface area contributed by atoms with E-state index in [1.165, 1.54) is 5.57 Å². The zero-order chi connectivity index (χ0) is 15.4. The Morgan fingerprint density at radius 3 is 2.48 bits per heavy atom. The van der Waals surface area contributed by atoms with E-state index in [1.807, 2.05) is 30.3 Å². The number of allylic oxidation sites excluding steroid dienone is 2. The summed E-state index contributed by atoms with van der Waals surface area (Å²) in [6, 6.07) is 7.90. The summed E-state index contributed by atoms with van der Waals surface area (Å²) in [4.78, 5) is 0.462. The quantitative estimate of drug-likeness (QED) is 0.671. The van der Waals surface area contributed by atoms with Crippen LogP contribution in [0.25, 0.3) is 0 Å². The normalized spacial score (nSPS) is 18.5. The van der Waals surface area contributed by atoms with Crippen LogP contribution in [-0.2, 0) is 6.42 Å². The van der Waals surface area contributed by atoms with E-state index in [9.17, 15) is 5.21 Å². The molecule has 0 aromatic heterocycles. The van der Waals surface area contributed by atoms with Crippen LogP contribution in [0.4, 0.5) is 0 Å². The second kappa shape index (κ2) is 6.98. The number of quaternary nitrogens is 1. The molecule has 1 unspecified atom stereocenters. The molecule has 112 valence electrons. The molecule has 0 aliphatic carbocycles. The topological polar surface area (TPSA) is 36.7 Å². The van der Waals surface area contributed by atoms with Crippen LogP contribution in [0.15, 0.2) is 47.7 Å². The molecule has 0 saturated heterocycles. The van der Waals surface area contributed by atoms with Crippen LogP contribution in [0.2, 0.25) is 0 Å². The van der Waals surface area contributed by atoms with Crippen molar-refractivity contribution in [1.29, 1.82) is 0 Å². The number of hydroxylamine groups is 2. The number of methoxy groups -OCH3 is 1. The maximum atomic E-state index is 11.8. The van der Waals surface area contributed by atoms with Gasteiger partial charge in [0.25, 0.3) is 0 Å². The van der Waals surface area contributed by atoms with E-state index in [4.69, 9.17) is 17.0 Å². The van der Waals surface area contributed by atoms with Crippen molar-refractivity contribution in [1.82, 2.24) is 0 Å². The minimum atomic E-state index is -0.0546. The van der Waals surface area contributed by atoms with E-state index in [1.54, 1.807) is 13.3 Å². The van der Waals surface area contributed by atoms with Gasteiger partial charge >= 0.3 is 0 Å². The first-order chi connectivity index (χ1) is 10.0. The van der Waals surface area contributed by atoms with Crippen LogP contribution in [0.1, 0.15) is 25.8 Å². The Labute approximate surface area is 131 Å². The van der Waals surface area contributed by atoms with Crippen molar-refractivity contribution in [2.24, 2.45) is 5.92 Å². The highest BCUT2D eigenvalue weighted by Gasteiger charge is 2.21. The molecule has 3 nitrogen and oxygen atoms in total. The Morgan fingerprint density at radius 2 is 1.90 bits per heavy atom. The summed E-state index contributed by atoms with van der Waals surface area (Å²) < 4.78 is 5.17. The molecule has 1 aromatic rings. The third kappa shape index (κ3) is 4.00. The third-order valence-corrected chi connectivity index (χ3v) is 3.94. The first-order valence-electron chi connectivity index (χ1n) is 7.13. The molecule has 1 heterocycles. The van der Waals surface area contributed by atoms with Crippen molar-refractivity contribution in [3.63, 3.8) is 0 Å². The Balaban J connectivity index is 2.28. The van der Waals surface area contributed by atoms with Gasteiger partial charge < -0.3 is 15.0 Å². The lowest BCUT2D eigenvalue weighted by Crippen LogP contribution is -3.05. The van der Waals surface area contributed by atoms with Crippen LogP contribution < -0.4 is 9.80 Å². The van der Waals surface area contributed by atoms with Gasteiger partial charge in [-0.2, -0.15) is 0 Å². The zero-order valence-corrected chi connectivity index (χ0v) is 13.5. The van der Waals surface area contributed by atoms with E-state index in [2.05, 4.69) is 13.8 Å². The molecule has 0 saturated carbocycles. The standard InChI is InChI=1S/C17H21NO2S/c1-12(2)10-14-8-9-18(19)17(21)16(14)11-13-4-6-15(20-3)7-5-13/h4-9,12,18H,10-11H2,1-3H3. The molecule has 21 heavy (non-hydrogen) atoms. The molecule has 0 bridgehead atoms. The summed E-state index contributed by atoms with van der Waals surface area (Å²) in [7, 11) is 1.65. The smallest absolute Gasteiger partial charge is 0.205 e. The van der Waals surface area contributed by atoms with Gasteiger partial charge in [0.15, 0.2) is 0 Å². The maximum absolute atomic E-state index is 11.8. The van der Waals surface area contributed by atoms with Gasteiger partial charge in [-0.3, -0.25) is 0 Å². The predicted octanol–water partition coefficient (Wildman–Crippen LogP) is 2.82. The van der Waals surface area contributed by atoms with Crippen molar-refractivity contribution in [3.8, 4) is 5.75 Å². The van der Waals surface area contributed by atoms with Gasteiger partial charge in [-0.25, -0.2) is 0 Å². The first-order valence-corrected chi connectivity index (χ1v) is 7.53. The Hall–Kier alpha value is -1.49. The highest BCUT2D eigenvalue weighted by Crippen LogP contribution is 2.23. The Bertz CT molecular complexity index is 573. The largest absolute Gasteiger partial charge is 0.623 e. The average molecular weight is 303 g/mol. The molecular weight excluding hydrogens is 282 g/mol. The number of benzene rings is 1. The maximum Gasteiger partial charge on any atom is 0.205 e. The van der Waals surface area contributed by atoms with Gasteiger partial charge in [-0.1, -0.05) is 26.0 Å². The molecule has 0 radical (unpaired) electrons. The van der Waals surface area contributed by atoms with Gasteiger partial charge in [0.2, 0.25) is 4.99 Å². The monoisotopic (exact) mass is 303 g/mol. The van der Waals surface area contributed by atoms with Crippen molar-refractivity contribution >= 4 is 17.2 Å². The summed E-state index contributed by atoms with van der Waals surface area (Å²) in [6.07, 6.45) is 5.16. The van der Waals surface area contributed by atoms with Crippen molar-refractivity contribution < 1.29 is 9.80 Å². The molecule has 0 spiro atoms. The second-order valence-electron chi connectivity index (χ2n) is 5.65. The number of hydrogen-bond acceptors (Lipinski definition) is 3. The predicted molar refractivity (Wildman–Crippen MR) is 89.2 cm³/mol. The highest BCUT2D eigenvalue weighted by molar-refractivity contribution is 7.80. The summed E-state index contributed by atoms with van der Waals surface area (Å²) >= 11 is 5.34. The molecule has 4 heteroatoms. The summed E-state index contributed by atoms with van der Waals surface area (Å²) in [5, 5.41) is 11.8. The van der Waals surface area contributed by atoms with E-state index in [0.717, 1.165) is 23.3 Å². The molecule has 1 aliphatic rings. The summed E-state index contributed by atoms with van der Waals surface area (Å²) in [5.41, 5.74) is 3.32. The van der Waals surface area contributed by atoms with Gasteiger partial charge in [-0.15, -0.1) is 0 Å².